The van der Waals surface area contributed by atoms with Crippen LogP contribution >= 0.6 is 0 Å². The van der Waals surface area contributed by atoms with Crippen molar-refractivity contribution in [2.75, 3.05) is 6.61 Å². The number of hydrogen-bond acceptors (Lipinski definition) is 11. The molecule has 0 aromatic heterocycles. The Bertz CT molecular complexity index is 1030. The Hall–Kier alpha value is -3.72. The highest BCUT2D eigenvalue weighted by Gasteiger charge is 2.44. The number of nitrogens with two attached hydrogens (primary N) is 3. The van der Waals surface area contributed by atoms with Crippen LogP contribution in [-0.4, -0.2) is 82.2 Å². The number of esters is 2. The predicted octanol–water partition coefficient (Wildman–Crippen LogP) is -2.10. The molecule has 0 radical (unpaired) electrons. The fraction of sp³-hybridized carbons (Fsp3) is 0.500. The number of aliphatic hydroxyl groups is 3. The van der Waals surface area contributed by atoms with Gasteiger partial charge in [-0.2, -0.15) is 0 Å². The van der Waals surface area contributed by atoms with Crippen molar-refractivity contribution in [1.82, 2.24) is 5.32 Å². The second-order valence-electron chi connectivity index (χ2n) is 8.98. The lowest BCUT2D eigenvalue weighted by atomic mass is 9.92. The molecule has 1 amide bonds. The number of rotatable bonds is 11. The fourth-order valence-electron chi connectivity index (χ4n) is 3.51. The molecule has 1 heterocycles. The number of hydrogen-bond donors (Lipinski definition) is 7. The highest BCUT2D eigenvalue weighted by atomic mass is 16.7. The summed E-state index contributed by atoms with van der Waals surface area (Å²) in [6, 6.07) is 4.79. The molecule has 38 heavy (non-hydrogen) atoms. The van der Waals surface area contributed by atoms with Crippen molar-refractivity contribution < 1.29 is 43.9 Å². The lowest BCUT2D eigenvalue weighted by molar-refractivity contribution is -0.193. The van der Waals surface area contributed by atoms with Crippen LogP contribution in [0, 0.1) is 5.92 Å². The Morgan fingerprint density at radius 3 is 2.29 bits per heavy atom. The summed E-state index contributed by atoms with van der Waals surface area (Å²) in [5.74, 6) is -3.69. The van der Waals surface area contributed by atoms with Crippen LogP contribution in [0.15, 0.2) is 47.2 Å². The summed E-state index contributed by atoms with van der Waals surface area (Å²) in [5, 5.41) is 32.5. The van der Waals surface area contributed by atoms with Gasteiger partial charge in [-0.3, -0.25) is 9.59 Å². The predicted molar refractivity (Wildman–Crippen MR) is 133 cm³/mol. The van der Waals surface area contributed by atoms with Gasteiger partial charge in [0.1, 0.15) is 24.4 Å². The summed E-state index contributed by atoms with van der Waals surface area (Å²) in [4.78, 5) is 41.6. The maximum absolute atomic E-state index is 13.2. The van der Waals surface area contributed by atoms with Crippen molar-refractivity contribution in [2.24, 2.45) is 28.1 Å². The summed E-state index contributed by atoms with van der Waals surface area (Å²) < 4.78 is 16.4. The van der Waals surface area contributed by atoms with E-state index in [1.807, 2.05) is 0 Å². The second kappa shape index (κ2) is 13.7. The molecule has 7 atom stereocenters. The number of guanidine groups is 1. The van der Waals surface area contributed by atoms with E-state index in [1.54, 1.807) is 44.2 Å². The average molecular weight is 538 g/mol. The second-order valence-corrected chi connectivity index (χ2v) is 8.98. The summed E-state index contributed by atoms with van der Waals surface area (Å²) in [5.41, 5.74) is 17.2. The van der Waals surface area contributed by atoms with Crippen LogP contribution in [0.3, 0.4) is 0 Å². The topological polar surface area (TPSA) is 242 Å². The van der Waals surface area contributed by atoms with E-state index in [4.69, 9.17) is 31.4 Å². The fourth-order valence-corrected chi connectivity index (χ4v) is 3.51. The molecule has 1 aliphatic rings. The van der Waals surface area contributed by atoms with Gasteiger partial charge in [0.05, 0.1) is 18.7 Å². The zero-order valence-electron chi connectivity index (χ0n) is 21.3. The van der Waals surface area contributed by atoms with Gasteiger partial charge in [0.15, 0.2) is 5.96 Å². The van der Waals surface area contributed by atoms with E-state index >= 15 is 0 Å². The monoisotopic (exact) mass is 537 g/mol. The molecule has 0 spiro atoms. The summed E-state index contributed by atoms with van der Waals surface area (Å²) in [6.45, 7) is 3.77. The molecule has 7 unspecified atom stereocenters. The van der Waals surface area contributed by atoms with Crippen LogP contribution in [0.4, 0.5) is 0 Å². The number of amides is 1. The molecule has 10 N–H and O–H groups in total. The minimum Gasteiger partial charge on any atom is -0.478 e. The van der Waals surface area contributed by atoms with Crippen molar-refractivity contribution in [3.63, 3.8) is 0 Å². The van der Waals surface area contributed by atoms with Crippen molar-refractivity contribution >= 4 is 23.8 Å². The van der Waals surface area contributed by atoms with Gasteiger partial charge in [0.25, 0.3) is 6.29 Å². The molecular formula is C24H35N5O9. The van der Waals surface area contributed by atoms with E-state index in [2.05, 4.69) is 10.3 Å². The van der Waals surface area contributed by atoms with Crippen LogP contribution in [0.25, 0.3) is 0 Å². The van der Waals surface area contributed by atoms with Crippen LogP contribution in [0.1, 0.15) is 32.6 Å². The Morgan fingerprint density at radius 1 is 1.13 bits per heavy atom. The van der Waals surface area contributed by atoms with Gasteiger partial charge in [-0.15, -0.1) is 0 Å². The van der Waals surface area contributed by atoms with Gasteiger partial charge in [-0.25, -0.2) is 9.79 Å². The lowest BCUT2D eigenvalue weighted by Gasteiger charge is -2.38. The zero-order valence-corrected chi connectivity index (χ0v) is 21.3. The molecule has 210 valence electrons. The summed E-state index contributed by atoms with van der Waals surface area (Å²) in [7, 11) is 0. The number of nitrogens with one attached hydrogen (secondary N) is 1. The minimum absolute atomic E-state index is 0.259. The van der Waals surface area contributed by atoms with Crippen LogP contribution in [0.5, 0.6) is 0 Å². The van der Waals surface area contributed by atoms with Crippen molar-refractivity contribution in [1.29, 1.82) is 0 Å². The van der Waals surface area contributed by atoms with Gasteiger partial charge in [-0.1, -0.05) is 44.2 Å². The number of carbonyl (C=O) groups excluding carboxylic acids is 3. The van der Waals surface area contributed by atoms with Crippen molar-refractivity contribution in [2.45, 2.75) is 63.5 Å². The number of nitrogens with zero attached hydrogens (tertiary/aromatic N) is 1. The largest absolute Gasteiger partial charge is 0.478 e. The van der Waals surface area contributed by atoms with Crippen LogP contribution in [-0.2, 0) is 28.6 Å². The summed E-state index contributed by atoms with van der Waals surface area (Å²) >= 11 is 0. The highest BCUT2D eigenvalue weighted by molar-refractivity contribution is 5.87. The van der Waals surface area contributed by atoms with E-state index in [1.165, 1.54) is 6.92 Å². The molecular weight excluding hydrogens is 502 g/mol. The number of ether oxygens (including phenoxy) is 3. The third kappa shape index (κ3) is 8.14. The molecule has 1 aliphatic heterocycles. The molecule has 0 fully saturated rings. The number of aliphatic imine (C=N–C) groups is 1. The third-order valence-corrected chi connectivity index (χ3v) is 5.59. The maximum atomic E-state index is 13.2. The standard InChI is InChI=1S/C24H35N5O9/c1-11(2)17(25)22(35)38-23(13-7-5-4-6-8-13)37-21(34)16-9-14(29-24(26)27)18(28-12(3)31)20(36-16)19(33)15(32)10-30/h4-9,11,14-15,17-20,23,30,32-33H,10,25H2,1-3H3,(H,28,31)(H4,26,27,29). The van der Waals surface area contributed by atoms with E-state index in [-0.39, 0.29) is 5.92 Å². The maximum Gasteiger partial charge on any atom is 0.376 e. The van der Waals surface area contributed by atoms with E-state index in [0.29, 0.717) is 5.56 Å². The molecule has 0 saturated carbocycles. The molecule has 2 rings (SSSR count). The van der Waals surface area contributed by atoms with Gasteiger partial charge in [0, 0.05) is 12.5 Å². The third-order valence-electron chi connectivity index (χ3n) is 5.59. The molecule has 14 heteroatoms. The molecule has 0 saturated heterocycles. The summed E-state index contributed by atoms with van der Waals surface area (Å²) in [6.07, 6.45) is -5.39. The van der Waals surface area contributed by atoms with E-state index in [0.717, 1.165) is 6.08 Å². The Labute approximate surface area is 219 Å². The van der Waals surface area contributed by atoms with E-state index in [9.17, 15) is 29.7 Å². The minimum atomic E-state index is -1.79. The SMILES string of the molecule is CC(=O)NC1C(N=C(N)N)C=C(C(=O)OC(OC(=O)C(N)C(C)C)c2ccccc2)OC1C(O)C(O)CO. The van der Waals surface area contributed by atoms with Crippen LogP contribution in [0.2, 0.25) is 0 Å². The van der Waals surface area contributed by atoms with Gasteiger partial charge >= 0.3 is 11.9 Å². The molecule has 14 nitrogen and oxygen atoms in total. The van der Waals surface area contributed by atoms with Gasteiger partial charge in [0.2, 0.25) is 11.7 Å². The highest BCUT2D eigenvalue weighted by Crippen LogP contribution is 2.28. The first-order chi connectivity index (χ1) is 17.8. The normalized spacial score (nSPS) is 22.1. The molecule has 1 aromatic carbocycles. The number of aliphatic hydroxyl groups excluding tert-OH is 3. The van der Waals surface area contributed by atoms with Gasteiger partial charge in [-0.05, 0) is 12.0 Å². The Morgan fingerprint density at radius 2 is 1.76 bits per heavy atom. The molecule has 0 aliphatic carbocycles. The zero-order chi connectivity index (χ0) is 28.6. The van der Waals surface area contributed by atoms with Gasteiger partial charge < -0.3 is 52.0 Å². The Balaban J connectivity index is 2.44. The molecule has 1 aromatic rings. The lowest BCUT2D eigenvalue weighted by Crippen LogP contribution is -2.59. The first-order valence-electron chi connectivity index (χ1n) is 11.8. The quantitative estimate of drug-likeness (QED) is 0.0694. The van der Waals surface area contributed by atoms with Crippen LogP contribution < -0.4 is 22.5 Å². The number of carbonyl (C=O) groups is 3. The first kappa shape index (κ1) is 30.5. The Kier molecular flexibility index (Phi) is 11.0. The van der Waals surface area contributed by atoms with Crippen molar-refractivity contribution in [3.8, 4) is 0 Å². The van der Waals surface area contributed by atoms with Crippen molar-refractivity contribution in [3.05, 3.63) is 47.7 Å². The smallest absolute Gasteiger partial charge is 0.376 e. The van der Waals surface area contributed by atoms with E-state index < -0.39 is 78.9 Å². The first-order valence-corrected chi connectivity index (χ1v) is 11.8. The average Bonchev–Trinajstić information content (AvgIpc) is 2.87. The molecule has 0 bridgehead atoms. The number of benzene rings is 1.